The number of benzene rings is 1. The molecule has 0 heterocycles. The van der Waals surface area contributed by atoms with Crippen molar-refractivity contribution in [3.8, 4) is 0 Å². The molecule has 0 aliphatic rings. The molecule has 0 aliphatic heterocycles. The summed E-state index contributed by atoms with van der Waals surface area (Å²) in [5.41, 5.74) is -2.32. The highest BCUT2D eigenvalue weighted by molar-refractivity contribution is 5.96. The van der Waals surface area contributed by atoms with E-state index in [-0.39, 0.29) is 24.3 Å². The predicted octanol–water partition coefficient (Wildman–Crippen LogP) is 5.85. The second-order valence-corrected chi connectivity index (χ2v) is 17.9. The molecule has 0 spiro atoms. The molecule has 1 rings (SSSR count). The molecule has 0 saturated heterocycles. The van der Waals surface area contributed by atoms with Gasteiger partial charge in [0.2, 0.25) is 17.7 Å². The highest BCUT2D eigenvalue weighted by Crippen LogP contribution is 2.32. The summed E-state index contributed by atoms with van der Waals surface area (Å²) >= 11 is 0. The zero-order valence-electron chi connectivity index (χ0n) is 35.4. The van der Waals surface area contributed by atoms with Crippen LogP contribution in [0.4, 0.5) is 4.79 Å². The normalized spacial score (nSPS) is 14.9. The number of carbonyl (C=O) groups is 6. The van der Waals surface area contributed by atoms with E-state index in [0.29, 0.717) is 0 Å². The number of ether oxygens (including phenoxy) is 2. The Balaban J connectivity index is 3.47. The van der Waals surface area contributed by atoms with Gasteiger partial charge in [-0.1, -0.05) is 84.9 Å². The maximum Gasteiger partial charge on any atom is 0.410 e. The number of likely N-dealkylation sites (N-methyl/N-ethyl adjacent to an activating group) is 2. The molecule has 54 heavy (non-hydrogen) atoms. The van der Waals surface area contributed by atoms with Gasteiger partial charge in [0.25, 0.3) is 0 Å². The number of hydrogen-bond donors (Lipinski definition) is 3. The van der Waals surface area contributed by atoms with Gasteiger partial charge in [0.05, 0.1) is 6.04 Å². The van der Waals surface area contributed by atoms with E-state index in [9.17, 15) is 33.9 Å². The zero-order valence-corrected chi connectivity index (χ0v) is 35.4. The van der Waals surface area contributed by atoms with Crippen molar-refractivity contribution in [2.45, 2.75) is 151 Å². The van der Waals surface area contributed by atoms with E-state index in [1.54, 1.807) is 54.7 Å². The lowest BCUT2D eigenvalue weighted by molar-refractivity contribution is -0.155. The standard InChI is InChI=1S/C41H66N4O9/c1-25(2)29(24-26(3)33(47)42-28(36(50)51)22-23-30(46)53-39(7,8)9)44(15)35(49)31(38(4,5)6)43-34(48)32(45(16)37(52)54-40(10,11)12)41(13,14)27-20-18-17-19-21-27/h17-21,24-25,28-29,31-32H,22-23H2,1-16H3,(H,42,47)(H,43,48)(H,50,51)/b26-24+/t28-,29-,31?,32-/m1/s1. The first-order chi connectivity index (χ1) is 24.4. The summed E-state index contributed by atoms with van der Waals surface area (Å²) < 4.78 is 10.9. The Hall–Kier alpha value is -4.42. The quantitative estimate of drug-likeness (QED) is 0.147. The predicted molar refractivity (Wildman–Crippen MR) is 208 cm³/mol. The first-order valence-corrected chi connectivity index (χ1v) is 18.4. The monoisotopic (exact) mass is 758 g/mol. The molecular weight excluding hydrogens is 692 g/mol. The summed E-state index contributed by atoms with van der Waals surface area (Å²) in [6.07, 6.45) is 0.508. The van der Waals surface area contributed by atoms with Crippen LogP contribution in [0.1, 0.15) is 115 Å². The van der Waals surface area contributed by atoms with Crippen molar-refractivity contribution in [2.75, 3.05) is 14.1 Å². The van der Waals surface area contributed by atoms with Gasteiger partial charge < -0.3 is 30.1 Å². The van der Waals surface area contributed by atoms with Gasteiger partial charge in [0.15, 0.2) is 0 Å². The molecule has 0 radical (unpaired) electrons. The van der Waals surface area contributed by atoms with Crippen LogP contribution in [0.15, 0.2) is 42.0 Å². The molecule has 1 aromatic rings. The summed E-state index contributed by atoms with van der Waals surface area (Å²) in [5, 5.41) is 15.2. The Morgan fingerprint density at radius 1 is 0.796 bits per heavy atom. The van der Waals surface area contributed by atoms with Crippen molar-refractivity contribution >= 4 is 35.8 Å². The van der Waals surface area contributed by atoms with Gasteiger partial charge in [-0.25, -0.2) is 9.59 Å². The summed E-state index contributed by atoms with van der Waals surface area (Å²) in [6.45, 7) is 24.8. The lowest BCUT2D eigenvalue weighted by Crippen LogP contribution is -2.63. The number of carboxylic acid groups (broad SMARTS) is 1. The molecule has 13 nitrogen and oxygen atoms in total. The fourth-order valence-corrected chi connectivity index (χ4v) is 5.94. The third kappa shape index (κ3) is 14.4. The second kappa shape index (κ2) is 18.8. The van der Waals surface area contributed by atoms with E-state index >= 15 is 0 Å². The number of esters is 1. The highest BCUT2D eigenvalue weighted by atomic mass is 16.6. The molecule has 0 fully saturated rings. The number of rotatable bonds is 15. The van der Waals surface area contributed by atoms with Crippen molar-refractivity contribution < 1.29 is 43.3 Å². The van der Waals surface area contributed by atoms with Gasteiger partial charge >= 0.3 is 18.0 Å². The van der Waals surface area contributed by atoms with Crippen LogP contribution in [0.2, 0.25) is 0 Å². The molecule has 4 atom stereocenters. The van der Waals surface area contributed by atoms with E-state index in [1.807, 2.05) is 78.8 Å². The van der Waals surface area contributed by atoms with Crippen LogP contribution in [0.3, 0.4) is 0 Å². The molecule has 13 heteroatoms. The number of hydrogen-bond acceptors (Lipinski definition) is 8. The van der Waals surface area contributed by atoms with Gasteiger partial charge in [-0.2, -0.15) is 0 Å². The van der Waals surface area contributed by atoms with Crippen molar-refractivity contribution in [1.29, 1.82) is 0 Å². The minimum Gasteiger partial charge on any atom is -0.480 e. The number of carbonyl (C=O) groups excluding carboxylic acids is 5. The van der Waals surface area contributed by atoms with Gasteiger partial charge in [0.1, 0.15) is 29.3 Å². The second-order valence-electron chi connectivity index (χ2n) is 17.9. The third-order valence-corrected chi connectivity index (χ3v) is 8.84. The van der Waals surface area contributed by atoms with Crippen LogP contribution in [-0.4, -0.2) is 100 Å². The zero-order chi connectivity index (χ0) is 42.1. The Bertz CT molecular complexity index is 1520. The Morgan fingerprint density at radius 3 is 1.76 bits per heavy atom. The molecule has 0 bridgehead atoms. The number of amides is 4. The molecule has 0 aromatic heterocycles. The lowest BCUT2D eigenvalue weighted by Gasteiger charge is -2.42. The Kier molecular flexibility index (Phi) is 16.5. The molecule has 3 N–H and O–H groups in total. The van der Waals surface area contributed by atoms with Crippen LogP contribution in [0.25, 0.3) is 0 Å². The molecular formula is C41H66N4O9. The largest absolute Gasteiger partial charge is 0.480 e. The minimum atomic E-state index is -1.35. The average molecular weight is 759 g/mol. The van der Waals surface area contributed by atoms with Crippen LogP contribution in [0, 0.1) is 11.3 Å². The smallest absolute Gasteiger partial charge is 0.410 e. The number of nitrogens with one attached hydrogen (secondary N) is 2. The summed E-state index contributed by atoms with van der Waals surface area (Å²) in [6, 6.07) is 5.16. The fraction of sp³-hybridized carbons (Fsp3) is 0.659. The van der Waals surface area contributed by atoms with Crippen LogP contribution in [-0.2, 0) is 38.9 Å². The Morgan fingerprint density at radius 2 is 1.31 bits per heavy atom. The first kappa shape index (κ1) is 47.6. The van der Waals surface area contributed by atoms with Crippen molar-refractivity contribution in [2.24, 2.45) is 11.3 Å². The molecule has 1 unspecified atom stereocenters. The molecule has 4 amide bonds. The van der Waals surface area contributed by atoms with Gasteiger partial charge in [-0.3, -0.25) is 24.1 Å². The Labute approximate surface area is 322 Å². The lowest BCUT2D eigenvalue weighted by atomic mass is 9.76. The topological polar surface area (TPSA) is 172 Å². The molecule has 0 aliphatic carbocycles. The van der Waals surface area contributed by atoms with E-state index in [2.05, 4.69) is 10.6 Å². The minimum absolute atomic E-state index is 0.164. The summed E-state index contributed by atoms with van der Waals surface area (Å²) in [7, 11) is 3.08. The third-order valence-electron chi connectivity index (χ3n) is 8.84. The van der Waals surface area contributed by atoms with Crippen molar-refractivity contribution in [3.63, 3.8) is 0 Å². The van der Waals surface area contributed by atoms with Crippen molar-refractivity contribution in [3.05, 3.63) is 47.5 Å². The fourth-order valence-electron chi connectivity index (χ4n) is 5.94. The van der Waals surface area contributed by atoms with E-state index < -0.39 is 82.0 Å². The van der Waals surface area contributed by atoms with E-state index in [4.69, 9.17) is 9.47 Å². The van der Waals surface area contributed by atoms with Gasteiger partial charge in [-0.15, -0.1) is 0 Å². The number of carboxylic acids is 1. The van der Waals surface area contributed by atoms with Crippen molar-refractivity contribution in [1.82, 2.24) is 20.4 Å². The molecule has 0 saturated carbocycles. The van der Waals surface area contributed by atoms with Crippen LogP contribution < -0.4 is 10.6 Å². The van der Waals surface area contributed by atoms with E-state index in [0.717, 1.165) is 5.56 Å². The van der Waals surface area contributed by atoms with Crippen LogP contribution in [0.5, 0.6) is 0 Å². The van der Waals surface area contributed by atoms with Gasteiger partial charge in [0, 0.05) is 31.5 Å². The average Bonchev–Trinajstić information content (AvgIpc) is 3.01. The maximum atomic E-state index is 14.5. The van der Waals surface area contributed by atoms with Crippen LogP contribution >= 0.6 is 0 Å². The molecule has 304 valence electrons. The highest BCUT2D eigenvalue weighted by Gasteiger charge is 2.46. The first-order valence-electron chi connectivity index (χ1n) is 18.4. The summed E-state index contributed by atoms with van der Waals surface area (Å²) in [5.74, 6) is -3.75. The number of aliphatic carboxylic acids is 1. The SMILES string of the molecule is C/C(=C\[C@H](C(C)C)N(C)C(=O)C(NC(=O)[C@@H](N(C)C(=O)OC(C)(C)C)C(C)(C)c1ccccc1)C(C)(C)C)C(=O)N[C@H](CCC(=O)OC(C)(C)C)C(=O)O. The van der Waals surface area contributed by atoms with E-state index in [1.165, 1.54) is 23.8 Å². The summed E-state index contributed by atoms with van der Waals surface area (Å²) in [4.78, 5) is 82.5. The van der Waals surface area contributed by atoms with Gasteiger partial charge in [-0.05, 0) is 71.8 Å². The maximum absolute atomic E-state index is 14.5. The molecule has 1 aromatic carbocycles. The number of nitrogens with zero attached hydrogens (tertiary/aromatic N) is 2.